The van der Waals surface area contributed by atoms with Gasteiger partial charge in [-0.2, -0.15) is 0 Å². The fraction of sp³-hybridized carbons (Fsp3) is 0. The van der Waals surface area contributed by atoms with Crippen molar-refractivity contribution in [2.24, 2.45) is 0 Å². The third-order valence-corrected chi connectivity index (χ3v) is 20.1. The molecule has 0 N–H and O–H groups in total. The number of nitrogens with zero attached hydrogens (tertiary/aromatic N) is 12. The average molecular weight is 1520 g/mol. The van der Waals surface area contributed by atoms with Gasteiger partial charge in [0.05, 0.1) is 60.7 Å². The number of para-hydroxylation sites is 6. The molecule has 0 aliphatic carbocycles. The van der Waals surface area contributed by atoms with Crippen LogP contribution in [0.2, 0.25) is 0 Å². The Kier molecular flexibility index (Phi) is 23.1. The van der Waals surface area contributed by atoms with Gasteiger partial charge in [-0.3, -0.25) is 34.9 Å². The summed E-state index contributed by atoms with van der Waals surface area (Å²) in [5.74, 6) is 0. The molecule has 0 aliphatic rings. The minimum Gasteiger partial charge on any atom is -0.262 e. The molecule has 0 radical (unpaired) electrons. The van der Waals surface area contributed by atoms with Crippen molar-refractivity contribution in [1.82, 2.24) is 59.8 Å². The van der Waals surface area contributed by atoms with Crippen LogP contribution in [0.15, 0.2) is 451 Å². The van der Waals surface area contributed by atoms with E-state index in [0.29, 0.717) is 0 Å². The van der Waals surface area contributed by atoms with Gasteiger partial charge in [-0.1, -0.05) is 297 Å². The zero-order valence-corrected chi connectivity index (χ0v) is 64.1. The largest absolute Gasteiger partial charge is 0.262 e. The summed E-state index contributed by atoms with van der Waals surface area (Å²) >= 11 is 0. The molecule has 12 heteroatoms. The van der Waals surface area contributed by atoms with Crippen molar-refractivity contribution in [2.45, 2.75) is 0 Å². The summed E-state index contributed by atoms with van der Waals surface area (Å²) in [6.45, 7) is 0. The second-order valence-corrected chi connectivity index (χ2v) is 27.5. The third kappa shape index (κ3) is 17.5. The van der Waals surface area contributed by atoms with Gasteiger partial charge in [0.2, 0.25) is 0 Å². The Bertz CT molecular complexity index is 6940. The molecule has 12 nitrogen and oxygen atoms in total. The zero-order valence-electron chi connectivity index (χ0n) is 64.1. The van der Waals surface area contributed by atoms with Gasteiger partial charge >= 0.3 is 0 Å². The van der Waals surface area contributed by atoms with E-state index in [9.17, 15) is 0 Å². The molecule has 0 aliphatic heterocycles. The van der Waals surface area contributed by atoms with Crippen molar-refractivity contribution >= 4 is 174 Å². The molecule has 0 saturated heterocycles. The topological polar surface area (TPSA) is 155 Å². The number of aromatic nitrogens is 12. The second-order valence-electron chi connectivity index (χ2n) is 27.5. The summed E-state index contributed by atoms with van der Waals surface area (Å²) in [7, 11) is 0. The molecule has 0 saturated carbocycles. The van der Waals surface area contributed by atoms with Crippen LogP contribution in [0.3, 0.4) is 0 Å². The van der Waals surface area contributed by atoms with Crippen LogP contribution >= 0.6 is 0 Å². The normalized spacial score (nSPS) is 10.7. The summed E-state index contributed by atoms with van der Waals surface area (Å²) < 4.78 is 0. The van der Waals surface area contributed by atoms with Gasteiger partial charge in [-0.15, -0.1) is 0 Å². The lowest BCUT2D eigenvalue weighted by molar-refractivity contribution is 1.17. The smallest absolute Gasteiger partial charge is 0.115 e. The van der Waals surface area contributed by atoms with Gasteiger partial charge in [0.15, 0.2) is 0 Å². The maximum atomic E-state index is 5.03. The Balaban J connectivity index is 0.0000000972. The van der Waals surface area contributed by atoms with E-state index < -0.39 is 0 Å². The van der Waals surface area contributed by atoms with Gasteiger partial charge in [-0.05, 0) is 117 Å². The van der Waals surface area contributed by atoms with Crippen molar-refractivity contribution in [3.63, 3.8) is 0 Å². The lowest BCUT2D eigenvalue weighted by Crippen LogP contribution is -1.86. The number of benzene rings is 16. The van der Waals surface area contributed by atoms with Crippen LogP contribution in [0, 0.1) is 0 Å². The van der Waals surface area contributed by atoms with Gasteiger partial charge in [-0.25, -0.2) is 24.9 Å². The van der Waals surface area contributed by atoms with Crippen LogP contribution < -0.4 is 0 Å². The zero-order chi connectivity index (χ0) is 79.3. The van der Waals surface area contributed by atoms with E-state index in [0.717, 1.165) is 60.7 Å². The highest BCUT2D eigenvalue weighted by Gasteiger charge is 2.09. The number of rotatable bonds is 0. The van der Waals surface area contributed by atoms with Crippen molar-refractivity contribution in [2.75, 3.05) is 0 Å². The molecule has 25 rings (SSSR count). The van der Waals surface area contributed by atoms with Crippen LogP contribution in [-0.2, 0) is 0 Å². The first kappa shape index (κ1) is 74.6. The number of hydrogen-bond acceptors (Lipinski definition) is 12. The van der Waals surface area contributed by atoms with Crippen LogP contribution in [-0.4, -0.2) is 59.8 Å². The molecule has 0 spiro atoms. The van der Waals surface area contributed by atoms with Gasteiger partial charge < -0.3 is 0 Å². The molecular formula is C106H74N12. The fourth-order valence-corrected chi connectivity index (χ4v) is 14.4. The molecule has 0 unspecified atom stereocenters. The first-order chi connectivity index (χ1) is 58.6. The molecule has 9 heterocycles. The van der Waals surface area contributed by atoms with Crippen molar-refractivity contribution < 1.29 is 0 Å². The minimum absolute atomic E-state index is 0.949. The molecule has 558 valence electrons. The van der Waals surface area contributed by atoms with Crippen LogP contribution in [0.4, 0.5) is 0 Å². The standard InChI is InChI=1S/C21H13N.C17H11N.4C13H9N.C8H6N2.2C4H4N2/c1-3-7-18-14(5-1)9-11-16-13-17-12-10-15-6-2-4-8-19(15)21(17)22-20(16)18;1-3-7-15-12(5-1)9-10-14-11-13-6-2-4-8-16(13)18-17(14)15;1-3-7-12-10(5-1)9-11-6-2-4-8-13(11)14-12;1-2-6-11-10(5-1)9-14-13-8-4-3-7-12(11)13;1-2-6-12-10(4-1)7-8-11-5-3-9-14-13(11)12;1-2-5-11-10(4-1)7-8-13-12(11)6-3-9-14-13;1-2-4-8-7(3-1)9-5-6-10-8;1-2-6-4-3-5-1;1-2-5-4-6-3-1/h1-13H;1-11H;4*1-9H;1-6H;2*1-4H. The number of pyridine rings is 6. The Morgan fingerprint density at radius 1 is 0.136 bits per heavy atom. The van der Waals surface area contributed by atoms with E-state index in [2.05, 4.69) is 323 Å². The molecule has 0 amide bonds. The number of fused-ring (bicyclic) bond motifs is 22. The Hall–Kier alpha value is -16.2. The summed E-state index contributed by atoms with van der Waals surface area (Å²) in [6, 6.07) is 129. The molecule has 118 heavy (non-hydrogen) atoms. The molecule has 0 atom stereocenters. The minimum atomic E-state index is 0.949. The molecule has 0 bridgehead atoms. The van der Waals surface area contributed by atoms with E-state index in [1.54, 1.807) is 55.6 Å². The Labute approximate surface area is 679 Å². The van der Waals surface area contributed by atoms with Gasteiger partial charge in [0.25, 0.3) is 0 Å². The first-order valence-electron chi connectivity index (χ1n) is 38.8. The monoisotopic (exact) mass is 1510 g/mol. The SMILES string of the molecule is c1ccc2c(c1)ccc1cc3ccc4ccccc4c3nc12.c1ccc2c(c1)ccc1cccnc12.c1ccc2c(c1)ccc1ncccc12.c1ccc2c(c1)cnc1ccccc12.c1ccc2nc3c(ccc4ccccc43)cc2c1.c1ccc2nc3ccccc3cc2c1.c1ccc2nccnc2c1.c1cnccn1.c1cncnc1. The molecule has 9 aromatic heterocycles. The third-order valence-electron chi connectivity index (χ3n) is 20.1. The van der Waals surface area contributed by atoms with E-state index >= 15 is 0 Å². The lowest BCUT2D eigenvalue weighted by Gasteiger charge is -2.07. The van der Waals surface area contributed by atoms with Crippen LogP contribution in [0.5, 0.6) is 0 Å². The molecule has 0 fully saturated rings. The Morgan fingerprint density at radius 2 is 0.441 bits per heavy atom. The molecule has 25 aromatic rings. The predicted molar refractivity (Wildman–Crippen MR) is 492 cm³/mol. The van der Waals surface area contributed by atoms with Crippen molar-refractivity contribution in [1.29, 1.82) is 0 Å². The molecule has 16 aromatic carbocycles. The van der Waals surface area contributed by atoms with Gasteiger partial charge in [0.1, 0.15) is 6.33 Å². The highest BCUT2D eigenvalue weighted by Crippen LogP contribution is 2.33. The van der Waals surface area contributed by atoms with E-state index in [4.69, 9.17) is 9.97 Å². The first-order valence-corrected chi connectivity index (χ1v) is 38.8. The maximum Gasteiger partial charge on any atom is 0.115 e. The quantitative estimate of drug-likeness (QED) is 0.105. The summed E-state index contributed by atoms with van der Waals surface area (Å²) in [6.07, 6.45) is 20.4. The van der Waals surface area contributed by atoms with Gasteiger partial charge in [0, 0.05) is 144 Å². The second kappa shape index (κ2) is 36.5. The fourth-order valence-electron chi connectivity index (χ4n) is 14.4. The van der Waals surface area contributed by atoms with E-state index in [1.807, 2.05) is 116 Å². The van der Waals surface area contributed by atoms with Crippen molar-refractivity contribution in [3.8, 4) is 0 Å². The predicted octanol–water partition coefficient (Wildman–Crippen LogP) is 26.4. The highest BCUT2D eigenvalue weighted by molar-refractivity contribution is 6.14. The highest BCUT2D eigenvalue weighted by atomic mass is 14.8. The van der Waals surface area contributed by atoms with Crippen molar-refractivity contribution in [3.05, 3.63) is 451 Å². The average Bonchev–Trinajstić information content (AvgIpc) is 0.757. The van der Waals surface area contributed by atoms with E-state index in [-0.39, 0.29) is 0 Å². The number of hydrogen-bond donors (Lipinski definition) is 0. The summed E-state index contributed by atoms with van der Waals surface area (Å²) in [5.41, 5.74) is 11.5. The summed E-state index contributed by atoms with van der Waals surface area (Å²) in [5, 5.41) is 25.7. The van der Waals surface area contributed by atoms with Crippen LogP contribution in [0.1, 0.15) is 0 Å². The van der Waals surface area contributed by atoms with E-state index in [1.165, 1.54) is 119 Å². The summed E-state index contributed by atoms with van der Waals surface area (Å²) in [4.78, 5) is 50.6. The van der Waals surface area contributed by atoms with Crippen LogP contribution in [0.25, 0.3) is 174 Å². The maximum absolute atomic E-state index is 5.03. The lowest BCUT2D eigenvalue weighted by atomic mass is 10.0. The Morgan fingerprint density at radius 3 is 0.915 bits per heavy atom. The molecular weight excluding hydrogens is 1440 g/mol.